The Kier molecular flexibility index (Phi) is 4.13. The predicted octanol–water partition coefficient (Wildman–Crippen LogP) is 3.38. The summed E-state index contributed by atoms with van der Waals surface area (Å²) in [6.07, 6.45) is 3.55. The predicted molar refractivity (Wildman–Crippen MR) is 77.7 cm³/mol. The third-order valence-electron chi connectivity index (χ3n) is 4.33. The Morgan fingerprint density at radius 3 is 2.37 bits per heavy atom. The molecular formula is C16H23NO2. The number of nitrogens with zero attached hydrogens (tertiary/aromatic N) is 1. The second kappa shape index (κ2) is 5.64. The van der Waals surface area contributed by atoms with Gasteiger partial charge in [0.2, 0.25) is 0 Å². The molecule has 2 rings (SSSR count). The van der Waals surface area contributed by atoms with Crippen molar-refractivity contribution in [3.05, 3.63) is 29.3 Å². The molecule has 0 radical (unpaired) electrons. The van der Waals surface area contributed by atoms with Crippen molar-refractivity contribution >= 4 is 11.7 Å². The molecule has 0 unspecified atom stereocenters. The molecule has 1 aliphatic rings. The van der Waals surface area contributed by atoms with Crippen LogP contribution in [-0.2, 0) is 4.79 Å². The van der Waals surface area contributed by atoms with Crippen molar-refractivity contribution in [3.8, 4) is 0 Å². The lowest BCUT2D eigenvalue weighted by Gasteiger charge is -2.35. The van der Waals surface area contributed by atoms with E-state index in [9.17, 15) is 4.79 Å². The van der Waals surface area contributed by atoms with E-state index < -0.39 is 5.97 Å². The van der Waals surface area contributed by atoms with Gasteiger partial charge in [-0.05, 0) is 51.2 Å². The van der Waals surface area contributed by atoms with Gasteiger partial charge in [0.1, 0.15) is 0 Å². The molecule has 0 aliphatic heterocycles. The van der Waals surface area contributed by atoms with Gasteiger partial charge in [-0.3, -0.25) is 4.79 Å². The average molecular weight is 261 g/mol. The molecule has 0 heterocycles. The molecule has 1 aromatic rings. The zero-order valence-electron chi connectivity index (χ0n) is 12.0. The van der Waals surface area contributed by atoms with Gasteiger partial charge in [0.05, 0.1) is 5.92 Å². The Bertz CT molecular complexity index is 462. The zero-order valence-corrected chi connectivity index (χ0v) is 12.0. The van der Waals surface area contributed by atoms with E-state index in [4.69, 9.17) is 5.11 Å². The Morgan fingerprint density at radius 1 is 1.21 bits per heavy atom. The normalized spacial score (nSPS) is 23.1. The molecule has 1 fully saturated rings. The number of carbonyl (C=O) groups is 1. The molecule has 0 atom stereocenters. The van der Waals surface area contributed by atoms with Crippen LogP contribution in [0.5, 0.6) is 0 Å². The minimum absolute atomic E-state index is 0.135. The highest BCUT2D eigenvalue weighted by Crippen LogP contribution is 2.31. The third-order valence-corrected chi connectivity index (χ3v) is 4.33. The quantitative estimate of drug-likeness (QED) is 0.906. The maximum atomic E-state index is 11.0. The number of rotatable bonds is 3. The van der Waals surface area contributed by atoms with Gasteiger partial charge >= 0.3 is 5.97 Å². The number of aryl methyl sites for hydroxylation is 2. The smallest absolute Gasteiger partial charge is 0.306 e. The van der Waals surface area contributed by atoms with E-state index in [2.05, 4.69) is 44.0 Å². The molecule has 0 bridgehead atoms. The average Bonchev–Trinajstić information content (AvgIpc) is 2.38. The first-order chi connectivity index (χ1) is 8.99. The fourth-order valence-corrected chi connectivity index (χ4v) is 3.11. The van der Waals surface area contributed by atoms with Crippen LogP contribution in [0.1, 0.15) is 36.8 Å². The van der Waals surface area contributed by atoms with Gasteiger partial charge in [0.15, 0.2) is 0 Å². The van der Waals surface area contributed by atoms with Crippen molar-refractivity contribution in [3.63, 3.8) is 0 Å². The van der Waals surface area contributed by atoms with Crippen LogP contribution in [0.3, 0.4) is 0 Å². The van der Waals surface area contributed by atoms with Crippen LogP contribution in [-0.4, -0.2) is 24.2 Å². The summed E-state index contributed by atoms with van der Waals surface area (Å²) in [5.41, 5.74) is 3.84. The fraction of sp³-hybridized carbons (Fsp3) is 0.562. The van der Waals surface area contributed by atoms with E-state index in [1.165, 1.54) is 16.8 Å². The first-order valence-corrected chi connectivity index (χ1v) is 7.02. The highest BCUT2D eigenvalue weighted by Gasteiger charge is 2.28. The van der Waals surface area contributed by atoms with Crippen molar-refractivity contribution in [2.75, 3.05) is 11.9 Å². The first kappa shape index (κ1) is 13.9. The van der Waals surface area contributed by atoms with Crippen molar-refractivity contribution in [1.82, 2.24) is 0 Å². The Hall–Kier alpha value is -1.51. The zero-order chi connectivity index (χ0) is 14.0. The van der Waals surface area contributed by atoms with Crippen LogP contribution in [0.25, 0.3) is 0 Å². The van der Waals surface area contributed by atoms with Gasteiger partial charge in [-0.15, -0.1) is 0 Å². The standard InChI is InChI=1S/C16H23NO2/c1-11-4-9-15(12(2)10-11)17(3)14-7-5-13(6-8-14)16(18)19/h4,9-10,13-14H,5-8H2,1-3H3,(H,18,19). The van der Waals surface area contributed by atoms with Gasteiger partial charge < -0.3 is 10.0 Å². The van der Waals surface area contributed by atoms with Crippen LogP contribution in [0.4, 0.5) is 5.69 Å². The number of hydrogen-bond donors (Lipinski definition) is 1. The van der Waals surface area contributed by atoms with Crippen LogP contribution in [0, 0.1) is 19.8 Å². The van der Waals surface area contributed by atoms with E-state index in [0.717, 1.165) is 25.7 Å². The second-order valence-electron chi connectivity index (χ2n) is 5.74. The molecular weight excluding hydrogens is 238 g/mol. The summed E-state index contributed by atoms with van der Waals surface area (Å²) >= 11 is 0. The van der Waals surface area contributed by atoms with Gasteiger partial charge in [-0.25, -0.2) is 0 Å². The van der Waals surface area contributed by atoms with Gasteiger partial charge in [-0.2, -0.15) is 0 Å². The van der Waals surface area contributed by atoms with Crippen molar-refractivity contribution < 1.29 is 9.90 Å². The number of carboxylic acids is 1. The summed E-state index contributed by atoms with van der Waals surface area (Å²) < 4.78 is 0. The molecule has 3 nitrogen and oxygen atoms in total. The second-order valence-corrected chi connectivity index (χ2v) is 5.74. The Balaban J connectivity index is 2.05. The molecule has 1 N–H and O–H groups in total. The summed E-state index contributed by atoms with van der Waals surface area (Å²) in [7, 11) is 2.13. The van der Waals surface area contributed by atoms with E-state index in [1.807, 2.05) is 0 Å². The van der Waals surface area contributed by atoms with Crippen molar-refractivity contribution in [2.45, 2.75) is 45.6 Å². The molecule has 1 aliphatic carbocycles. The monoisotopic (exact) mass is 261 g/mol. The number of carboxylic acid groups (broad SMARTS) is 1. The lowest BCUT2D eigenvalue weighted by molar-refractivity contribution is -0.142. The van der Waals surface area contributed by atoms with Crippen molar-refractivity contribution in [1.29, 1.82) is 0 Å². The molecule has 0 saturated heterocycles. The molecule has 0 spiro atoms. The first-order valence-electron chi connectivity index (χ1n) is 7.02. The Morgan fingerprint density at radius 2 is 1.84 bits per heavy atom. The molecule has 3 heteroatoms. The van der Waals surface area contributed by atoms with Gasteiger partial charge in [-0.1, -0.05) is 17.7 Å². The largest absolute Gasteiger partial charge is 0.481 e. The number of hydrogen-bond acceptors (Lipinski definition) is 2. The molecule has 0 amide bonds. The molecule has 1 saturated carbocycles. The minimum Gasteiger partial charge on any atom is -0.481 e. The van der Waals surface area contributed by atoms with Gasteiger partial charge in [0, 0.05) is 18.8 Å². The van der Waals surface area contributed by atoms with Crippen LogP contribution < -0.4 is 4.90 Å². The van der Waals surface area contributed by atoms with E-state index >= 15 is 0 Å². The molecule has 1 aromatic carbocycles. The Labute approximate surface area is 115 Å². The summed E-state index contributed by atoms with van der Waals surface area (Å²) in [6.45, 7) is 4.25. The number of benzene rings is 1. The van der Waals surface area contributed by atoms with Crippen molar-refractivity contribution in [2.24, 2.45) is 5.92 Å². The summed E-state index contributed by atoms with van der Waals surface area (Å²) in [5.74, 6) is -0.767. The van der Waals surface area contributed by atoms with Gasteiger partial charge in [0.25, 0.3) is 0 Å². The lowest BCUT2D eigenvalue weighted by atomic mass is 9.85. The number of aliphatic carboxylic acids is 1. The minimum atomic E-state index is -0.632. The van der Waals surface area contributed by atoms with E-state index in [0.29, 0.717) is 6.04 Å². The molecule has 0 aromatic heterocycles. The maximum Gasteiger partial charge on any atom is 0.306 e. The van der Waals surface area contributed by atoms with Crippen LogP contribution in [0.15, 0.2) is 18.2 Å². The fourth-order valence-electron chi connectivity index (χ4n) is 3.11. The van der Waals surface area contributed by atoms with E-state index in [1.54, 1.807) is 0 Å². The van der Waals surface area contributed by atoms with E-state index in [-0.39, 0.29) is 5.92 Å². The maximum absolute atomic E-state index is 11.0. The SMILES string of the molecule is Cc1ccc(N(C)C2CCC(C(=O)O)CC2)c(C)c1. The lowest BCUT2D eigenvalue weighted by Crippen LogP contribution is -2.37. The molecule has 19 heavy (non-hydrogen) atoms. The van der Waals surface area contributed by atoms with Crippen LogP contribution >= 0.6 is 0 Å². The summed E-state index contributed by atoms with van der Waals surface area (Å²) in [6, 6.07) is 6.99. The molecule has 104 valence electrons. The highest BCUT2D eigenvalue weighted by molar-refractivity contribution is 5.70. The summed E-state index contributed by atoms with van der Waals surface area (Å²) in [4.78, 5) is 13.3. The third kappa shape index (κ3) is 3.09. The topological polar surface area (TPSA) is 40.5 Å². The summed E-state index contributed by atoms with van der Waals surface area (Å²) in [5, 5.41) is 9.04. The number of anilines is 1. The van der Waals surface area contributed by atoms with Crippen LogP contribution in [0.2, 0.25) is 0 Å². The highest BCUT2D eigenvalue weighted by atomic mass is 16.4.